The number of carbonyl (C=O) groups excluding carboxylic acids is 2. The quantitative estimate of drug-likeness (QED) is 0.621. The van der Waals surface area contributed by atoms with Gasteiger partial charge in [0.1, 0.15) is 0 Å². The molecule has 0 aliphatic heterocycles. The highest BCUT2D eigenvalue weighted by Gasteiger charge is 2.09. The molecule has 0 atom stereocenters. The SMILES string of the molecule is O=C(NCCc1cccs1)c1ccc(C(=O)NCCc2cccs2)cc1. The zero-order chi connectivity index (χ0) is 18.2. The second-order valence-corrected chi connectivity index (χ2v) is 7.81. The summed E-state index contributed by atoms with van der Waals surface area (Å²) < 4.78 is 0. The molecule has 0 fully saturated rings. The molecular formula is C20H20N2O2S2. The first-order chi connectivity index (χ1) is 12.7. The molecule has 134 valence electrons. The minimum atomic E-state index is -0.119. The molecule has 2 N–H and O–H groups in total. The van der Waals surface area contributed by atoms with Crippen molar-refractivity contribution in [2.45, 2.75) is 12.8 Å². The molecule has 6 heteroatoms. The van der Waals surface area contributed by atoms with Crippen LogP contribution in [0.25, 0.3) is 0 Å². The van der Waals surface area contributed by atoms with Crippen LogP contribution in [0.3, 0.4) is 0 Å². The van der Waals surface area contributed by atoms with E-state index in [2.05, 4.69) is 22.8 Å². The third-order valence-electron chi connectivity index (χ3n) is 3.88. The number of hydrogen-bond donors (Lipinski definition) is 2. The van der Waals surface area contributed by atoms with Crippen molar-refractivity contribution < 1.29 is 9.59 Å². The van der Waals surface area contributed by atoms with Crippen LogP contribution in [-0.4, -0.2) is 24.9 Å². The standard InChI is InChI=1S/C20H20N2O2S2/c23-19(21-11-9-17-3-1-13-25-17)15-5-7-16(8-6-15)20(24)22-12-10-18-4-2-14-26-18/h1-8,13-14H,9-12H2,(H,21,23)(H,22,24). The summed E-state index contributed by atoms with van der Waals surface area (Å²) in [7, 11) is 0. The van der Waals surface area contributed by atoms with Gasteiger partial charge in [-0.05, 0) is 60.0 Å². The van der Waals surface area contributed by atoms with E-state index >= 15 is 0 Å². The van der Waals surface area contributed by atoms with Crippen LogP contribution in [0.2, 0.25) is 0 Å². The van der Waals surface area contributed by atoms with Crippen molar-refractivity contribution in [1.29, 1.82) is 0 Å². The van der Waals surface area contributed by atoms with Crippen molar-refractivity contribution >= 4 is 34.5 Å². The van der Waals surface area contributed by atoms with Crippen molar-refractivity contribution in [1.82, 2.24) is 10.6 Å². The van der Waals surface area contributed by atoms with Crippen LogP contribution in [-0.2, 0) is 12.8 Å². The Hall–Kier alpha value is -2.44. The summed E-state index contributed by atoms with van der Waals surface area (Å²) in [5.41, 5.74) is 1.12. The molecule has 0 aliphatic carbocycles. The maximum absolute atomic E-state index is 12.2. The number of amides is 2. The van der Waals surface area contributed by atoms with Crippen LogP contribution in [0, 0.1) is 0 Å². The smallest absolute Gasteiger partial charge is 0.251 e. The number of rotatable bonds is 8. The Morgan fingerprint density at radius 1 is 0.692 bits per heavy atom. The molecule has 2 amide bonds. The number of nitrogens with one attached hydrogen (secondary N) is 2. The summed E-state index contributed by atoms with van der Waals surface area (Å²) >= 11 is 3.37. The molecule has 1 aromatic carbocycles. The van der Waals surface area contributed by atoms with Gasteiger partial charge in [0.2, 0.25) is 0 Å². The first-order valence-electron chi connectivity index (χ1n) is 8.43. The monoisotopic (exact) mass is 384 g/mol. The number of hydrogen-bond acceptors (Lipinski definition) is 4. The predicted octanol–water partition coefficient (Wildman–Crippen LogP) is 3.75. The van der Waals surface area contributed by atoms with E-state index in [1.165, 1.54) is 9.75 Å². The third-order valence-corrected chi connectivity index (χ3v) is 5.76. The van der Waals surface area contributed by atoms with Gasteiger partial charge < -0.3 is 10.6 Å². The summed E-state index contributed by atoms with van der Waals surface area (Å²) in [4.78, 5) is 26.8. The molecule has 2 aromatic heterocycles. The first kappa shape index (κ1) is 18.4. The van der Waals surface area contributed by atoms with Crippen LogP contribution in [0.1, 0.15) is 30.5 Å². The highest BCUT2D eigenvalue weighted by molar-refractivity contribution is 7.10. The van der Waals surface area contributed by atoms with Gasteiger partial charge in [-0.1, -0.05) is 12.1 Å². The third kappa shape index (κ3) is 5.28. The van der Waals surface area contributed by atoms with Crippen LogP contribution in [0.5, 0.6) is 0 Å². The summed E-state index contributed by atoms with van der Waals surface area (Å²) in [6.45, 7) is 1.20. The van der Waals surface area contributed by atoms with Crippen LogP contribution < -0.4 is 10.6 Å². The molecule has 0 radical (unpaired) electrons. The van der Waals surface area contributed by atoms with Crippen LogP contribution in [0.4, 0.5) is 0 Å². The Morgan fingerprint density at radius 3 is 1.46 bits per heavy atom. The molecule has 0 saturated carbocycles. The van der Waals surface area contributed by atoms with Gasteiger partial charge in [-0.2, -0.15) is 0 Å². The maximum atomic E-state index is 12.2. The van der Waals surface area contributed by atoms with E-state index in [9.17, 15) is 9.59 Å². The lowest BCUT2D eigenvalue weighted by Gasteiger charge is -2.07. The topological polar surface area (TPSA) is 58.2 Å². The largest absolute Gasteiger partial charge is 0.352 e. The normalized spacial score (nSPS) is 10.5. The van der Waals surface area contributed by atoms with Gasteiger partial charge in [0.25, 0.3) is 11.8 Å². The molecule has 0 bridgehead atoms. The van der Waals surface area contributed by atoms with Gasteiger partial charge >= 0.3 is 0 Å². The zero-order valence-electron chi connectivity index (χ0n) is 14.2. The second kappa shape index (κ2) is 9.31. The molecule has 0 spiro atoms. The van der Waals surface area contributed by atoms with E-state index in [1.54, 1.807) is 46.9 Å². The Morgan fingerprint density at radius 2 is 1.12 bits per heavy atom. The highest BCUT2D eigenvalue weighted by atomic mass is 32.1. The van der Waals surface area contributed by atoms with Gasteiger partial charge in [0.15, 0.2) is 0 Å². The van der Waals surface area contributed by atoms with E-state index in [1.807, 2.05) is 22.9 Å². The summed E-state index contributed by atoms with van der Waals surface area (Å²) in [5, 5.41) is 9.87. The number of thiophene rings is 2. The minimum Gasteiger partial charge on any atom is -0.352 e. The van der Waals surface area contributed by atoms with E-state index < -0.39 is 0 Å². The lowest BCUT2D eigenvalue weighted by atomic mass is 10.1. The minimum absolute atomic E-state index is 0.119. The Kier molecular flexibility index (Phi) is 6.57. The lowest BCUT2D eigenvalue weighted by molar-refractivity contribution is 0.0942. The molecule has 0 aliphatic rings. The lowest BCUT2D eigenvalue weighted by Crippen LogP contribution is -2.27. The summed E-state index contributed by atoms with van der Waals surface area (Å²) in [6.07, 6.45) is 1.66. The fourth-order valence-corrected chi connectivity index (χ4v) is 3.90. The molecular weight excluding hydrogens is 364 g/mol. The number of carbonyl (C=O) groups is 2. The van der Waals surface area contributed by atoms with E-state index in [-0.39, 0.29) is 11.8 Å². The van der Waals surface area contributed by atoms with Crippen molar-refractivity contribution in [3.63, 3.8) is 0 Å². The highest BCUT2D eigenvalue weighted by Crippen LogP contribution is 2.10. The predicted molar refractivity (Wildman–Crippen MR) is 107 cm³/mol. The van der Waals surface area contributed by atoms with E-state index in [0.717, 1.165) is 12.8 Å². The van der Waals surface area contributed by atoms with Gasteiger partial charge in [-0.15, -0.1) is 22.7 Å². The van der Waals surface area contributed by atoms with Crippen molar-refractivity contribution in [2.24, 2.45) is 0 Å². The van der Waals surface area contributed by atoms with Crippen LogP contribution in [0.15, 0.2) is 59.3 Å². The van der Waals surface area contributed by atoms with Gasteiger partial charge in [0, 0.05) is 34.0 Å². The molecule has 3 rings (SSSR count). The fourth-order valence-electron chi connectivity index (χ4n) is 2.49. The van der Waals surface area contributed by atoms with Gasteiger partial charge in [-0.25, -0.2) is 0 Å². The molecule has 0 unspecified atom stereocenters. The number of benzene rings is 1. The van der Waals surface area contributed by atoms with Crippen molar-refractivity contribution in [3.8, 4) is 0 Å². The average molecular weight is 385 g/mol. The van der Waals surface area contributed by atoms with Crippen molar-refractivity contribution in [3.05, 3.63) is 80.2 Å². The van der Waals surface area contributed by atoms with E-state index in [0.29, 0.717) is 24.2 Å². The molecule has 4 nitrogen and oxygen atoms in total. The maximum Gasteiger partial charge on any atom is 0.251 e. The van der Waals surface area contributed by atoms with Gasteiger partial charge in [0.05, 0.1) is 0 Å². The average Bonchev–Trinajstić information content (AvgIpc) is 3.36. The summed E-state index contributed by atoms with van der Waals surface area (Å²) in [6, 6.07) is 14.9. The zero-order valence-corrected chi connectivity index (χ0v) is 15.9. The molecule has 26 heavy (non-hydrogen) atoms. The second-order valence-electron chi connectivity index (χ2n) is 5.75. The Labute approximate surface area is 160 Å². The van der Waals surface area contributed by atoms with Crippen LogP contribution >= 0.6 is 22.7 Å². The fraction of sp³-hybridized carbons (Fsp3) is 0.200. The van der Waals surface area contributed by atoms with Crippen molar-refractivity contribution in [2.75, 3.05) is 13.1 Å². The first-order valence-corrected chi connectivity index (χ1v) is 10.2. The molecule has 2 heterocycles. The molecule has 3 aromatic rings. The summed E-state index contributed by atoms with van der Waals surface area (Å²) in [5.74, 6) is -0.239. The Bertz CT molecular complexity index is 754. The van der Waals surface area contributed by atoms with Gasteiger partial charge in [-0.3, -0.25) is 9.59 Å². The Balaban J connectivity index is 1.44. The van der Waals surface area contributed by atoms with E-state index in [4.69, 9.17) is 0 Å². The molecule has 0 saturated heterocycles.